The van der Waals surface area contributed by atoms with Crippen molar-refractivity contribution in [2.24, 2.45) is 0 Å². The van der Waals surface area contributed by atoms with Crippen LogP contribution in [0.25, 0.3) is 0 Å². The smallest absolute Gasteiger partial charge is 0.268 e. The van der Waals surface area contributed by atoms with Crippen LogP contribution in [-0.4, -0.2) is 35.9 Å². The second-order valence-electron chi connectivity index (χ2n) is 3.42. The van der Waals surface area contributed by atoms with Crippen LogP contribution < -0.4 is 10.9 Å². The van der Waals surface area contributed by atoms with Gasteiger partial charge in [-0.2, -0.15) is 5.10 Å². The lowest BCUT2D eigenvalue weighted by atomic mass is 10.3. The van der Waals surface area contributed by atoms with E-state index in [1.165, 1.54) is 6.07 Å². The summed E-state index contributed by atoms with van der Waals surface area (Å²) in [4.78, 5) is 23.3. The standard InChI is InChI=1S/C10H14IN3O3/c1-7(10(16)12-3-4-17-2)14-9(15)5-8(11)6-13-14/h5-7H,3-4H2,1-2H3,(H,12,16). The lowest BCUT2D eigenvalue weighted by Crippen LogP contribution is -2.38. The van der Waals surface area contributed by atoms with Crippen LogP contribution in [0.4, 0.5) is 0 Å². The summed E-state index contributed by atoms with van der Waals surface area (Å²) in [6.45, 7) is 2.48. The molecule has 1 N–H and O–H groups in total. The number of carbonyl (C=O) groups is 1. The summed E-state index contributed by atoms with van der Waals surface area (Å²) in [7, 11) is 1.56. The Labute approximate surface area is 112 Å². The number of ether oxygens (including phenoxy) is 1. The molecule has 6 nitrogen and oxygen atoms in total. The van der Waals surface area contributed by atoms with Crippen molar-refractivity contribution in [2.75, 3.05) is 20.3 Å². The molecule has 0 radical (unpaired) electrons. The van der Waals surface area contributed by atoms with E-state index in [9.17, 15) is 9.59 Å². The van der Waals surface area contributed by atoms with Crippen LogP contribution in [0, 0.1) is 3.57 Å². The van der Waals surface area contributed by atoms with Gasteiger partial charge in [-0.05, 0) is 29.5 Å². The monoisotopic (exact) mass is 351 g/mol. The number of nitrogens with one attached hydrogen (secondary N) is 1. The third kappa shape index (κ3) is 4.08. The number of halogens is 1. The molecule has 0 aliphatic carbocycles. The van der Waals surface area contributed by atoms with Gasteiger partial charge in [0.2, 0.25) is 5.91 Å². The molecule has 0 aliphatic heterocycles. The Bertz CT molecular complexity index is 447. The lowest BCUT2D eigenvalue weighted by molar-refractivity contribution is -0.124. The van der Waals surface area contributed by atoms with E-state index >= 15 is 0 Å². The Morgan fingerprint density at radius 2 is 2.41 bits per heavy atom. The number of hydrogen-bond donors (Lipinski definition) is 1. The van der Waals surface area contributed by atoms with Gasteiger partial charge in [-0.15, -0.1) is 0 Å². The molecule has 1 rings (SSSR count). The first-order valence-electron chi connectivity index (χ1n) is 5.07. The minimum Gasteiger partial charge on any atom is -0.383 e. The van der Waals surface area contributed by atoms with Crippen molar-refractivity contribution in [3.8, 4) is 0 Å². The van der Waals surface area contributed by atoms with E-state index < -0.39 is 6.04 Å². The highest BCUT2D eigenvalue weighted by Gasteiger charge is 2.16. The number of amides is 1. The van der Waals surface area contributed by atoms with Crippen LogP contribution in [0.1, 0.15) is 13.0 Å². The number of carbonyl (C=O) groups excluding carboxylic acids is 1. The first-order chi connectivity index (χ1) is 8.06. The molecule has 94 valence electrons. The SMILES string of the molecule is COCCNC(=O)C(C)n1ncc(I)cc1=O. The molecule has 0 saturated heterocycles. The van der Waals surface area contributed by atoms with Crippen LogP contribution in [0.15, 0.2) is 17.1 Å². The first-order valence-corrected chi connectivity index (χ1v) is 6.15. The molecule has 0 aliphatic rings. The fraction of sp³-hybridized carbons (Fsp3) is 0.500. The lowest BCUT2D eigenvalue weighted by Gasteiger charge is -2.13. The average Bonchev–Trinajstić information content (AvgIpc) is 2.28. The van der Waals surface area contributed by atoms with Crippen molar-refractivity contribution < 1.29 is 9.53 Å². The second-order valence-corrected chi connectivity index (χ2v) is 4.66. The molecular formula is C10H14IN3O3. The number of nitrogens with zero attached hydrogens (tertiary/aromatic N) is 2. The highest BCUT2D eigenvalue weighted by atomic mass is 127. The maximum Gasteiger partial charge on any atom is 0.268 e. The van der Waals surface area contributed by atoms with Crippen molar-refractivity contribution in [3.63, 3.8) is 0 Å². The first kappa shape index (κ1) is 14.1. The molecular weight excluding hydrogens is 337 g/mol. The average molecular weight is 351 g/mol. The highest BCUT2D eigenvalue weighted by Crippen LogP contribution is 2.02. The van der Waals surface area contributed by atoms with Gasteiger partial charge in [0.15, 0.2) is 0 Å². The Hall–Kier alpha value is -0.960. The van der Waals surface area contributed by atoms with E-state index in [1.807, 2.05) is 22.6 Å². The van der Waals surface area contributed by atoms with Gasteiger partial charge in [-0.3, -0.25) is 9.59 Å². The molecule has 0 spiro atoms. The van der Waals surface area contributed by atoms with E-state index in [-0.39, 0.29) is 11.5 Å². The number of hydrogen-bond acceptors (Lipinski definition) is 4. The van der Waals surface area contributed by atoms with Crippen molar-refractivity contribution in [1.82, 2.24) is 15.1 Å². The van der Waals surface area contributed by atoms with Gasteiger partial charge in [0.25, 0.3) is 5.56 Å². The Morgan fingerprint density at radius 1 is 1.71 bits per heavy atom. The Kier molecular flexibility index (Phi) is 5.56. The van der Waals surface area contributed by atoms with Crippen molar-refractivity contribution >= 4 is 28.5 Å². The van der Waals surface area contributed by atoms with Crippen LogP contribution in [0.3, 0.4) is 0 Å². The zero-order chi connectivity index (χ0) is 12.8. The minimum absolute atomic E-state index is 0.252. The van der Waals surface area contributed by atoms with Crippen LogP contribution in [0.5, 0.6) is 0 Å². The summed E-state index contributed by atoms with van der Waals surface area (Å²) < 4.78 is 6.72. The Balaban J connectivity index is 2.71. The molecule has 17 heavy (non-hydrogen) atoms. The van der Waals surface area contributed by atoms with Gasteiger partial charge < -0.3 is 10.1 Å². The van der Waals surface area contributed by atoms with Gasteiger partial charge in [0.05, 0.1) is 12.8 Å². The van der Waals surface area contributed by atoms with Crippen LogP contribution in [0.2, 0.25) is 0 Å². The topological polar surface area (TPSA) is 73.2 Å². The molecule has 1 heterocycles. The maximum absolute atomic E-state index is 11.7. The second kappa shape index (κ2) is 6.70. The quantitative estimate of drug-likeness (QED) is 0.607. The Morgan fingerprint density at radius 3 is 3.00 bits per heavy atom. The summed E-state index contributed by atoms with van der Waals surface area (Å²) in [6, 6.07) is 0.809. The molecule has 1 aromatic rings. The molecule has 7 heteroatoms. The molecule has 1 atom stereocenters. The number of aromatic nitrogens is 2. The van der Waals surface area contributed by atoms with E-state index in [0.717, 1.165) is 8.25 Å². The zero-order valence-electron chi connectivity index (χ0n) is 9.64. The molecule has 1 unspecified atom stereocenters. The van der Waals surface area contributed by atoms with Gasteiger partial charge in [0, 0.05) is 23.3 Å². The number of rotatable bonds is 5. The van der Waals surface area contributed by atoms with Gasteiger partial charge in [-0.1, -0.05) is 0 Å². The van der Waals surface area contributed by atoms with Crippen molar-refractivity contribution in [1.29, 1.82) is 0 Å². The normalized spacial score (nSPS) is 12.2. The summed E-state index contributed by atoms with van der Waals surface area (Å²) in [5, 5.41) is 6.59. The van der Waals surface area contributed by atoms with Crippen LogP contribution in [-0.2, 0) is 9.53 Å². The minimum atomic E-state index is -0.628. The third-order valence-corrected chi connectivity index (χ3v) is 2.73. The van der Waals surface area contributed by atoms with Crippen LogP contribution >= 0.6 is 22.6 Å². The van der Waals surface area contributed by atoms with Crippen molar-refractivity contribution in [2.45, 2.75) is 13.0 Å². The molecule has 0 bridgehead atoms. The molecule has 1 aromatic heterocycles. The summed E-state index contributed by atoms with van der Waals surface area (Å²) in [5.74, 6) is -0.252. The van der Waals surface area contributed by atoms with Crippen molar-refractivity contribution in [3.05, 3.63) is 26.2 Å². The summed E-state index contributed by atoms with van der Waals surface area (Å²) >= 11 is 2.00. The molecule has 0 aromatic carbocycles. The van der Waals surface area contributed by atoms with Gasteiger partial charge >= 0.3 is 0 Å². The predicted octanol–water partition coefficient (Wildman–Crippen LogP) is 0.171. The van der Waals surface area contributed by atoms with E-state index in [2.05, 4.69) is 10.4 Å². The molecule has 0 fully saturated rings. The number of methoxy groups -OCH3 is 1. The third-order valence-electron chi connectivity index (χ3n) is 2.14. The maximum atomic E-state index is 11.7. The summed E-state index contributed by atoms with van der Waals surface area (Å²) in [5.41, 5.74) is -0.286. The zero-order valence-corrected chi connectivity index (χ0v) is 11.8. The van der Waals surface area contributed by atoms with E-state index in [1.54, 1.807) is 20.2 Å². The highest BCUT2D eigenvalue weighted by molar-refractivity contribution is 14.1. The van der Waals surface area contributed by atoms with E-state index in [4.69, 9.17) is 4.74 Å². The van der Waals surface area contributed by atoms with E-state index in [0.29, 0.717) is 13.2 Å². The predicted molar refractivity (Wildman–Crippen MR) is 70.8 cm³/mol. The fourth-order valence-electron chi connectivity index (χ4n) is 1.22. The largest absolute Gasteiger partial charge is 0.383 e. The summed E-state index contributed by atoms with van der Waals surface area (Å²) in [6.07, 6.45) is 1.54. The molecule has 0 saturated carbocycles. The fourth-order valence-corrected chi connectivity index (χ4v) is 1.61. The molecule has 1 amide bonds. The van der Waals surface area contributed by atoms with Gasteiger partial charge in [-0.25, -0.2) is 4.68 Å². The van der Waals surface area contributed by atoms with Gasteiger partial charge in [0.1, 0.15) is 6.04 Å².